The van der Waals surface area contributed by atoms with Crippen LogP contribution in [0.4, 0.5) is 0 Å². The van der Waals surface area contributed by atoms with E-state index in [0.29, 0.717) is 5.75 Å². The van der Waals surface area contributed by atoms with Crippen molar-refractivity contribution in [2.45, 2.75) is 17.9 Å². The number of hydrogen-bond acceptors (Lipinski definition) is 4. The van der Waals surface area contributed by atoms with Gasteiger partial charge in [0.25, 0.3) is 0 Å². The predicted octanol–water partition coefficient (Wildman–Crippen LogP) is 2.22. The molecule has 18 heavy (non-hydrogen) atoms. The quantitative estimate of drug-likeness (QED) is 0.664. The fourth-order valence-electron chi connectivity index (χ4n) is 1.29. The van der Waals surface area contributed by atoms with Gasteiger partial charge in [0.15, 0.2) is 0 Å². The van der Waals surface area contributed by atoms with E-state index in [1.807, 2.05) is 24.3 Å². The fraction of sp³-hybridized carbons (Fsp3) is 0.333. The highest BCUT2D eigenvalue weighted by atomic mass is 79.9. The Kier molecular flexibility index (Phi) is 6.21. The van der Waals surface area contributed by atoms with Gasteiger partial charge in [-0.15, -0.1) is 11.8 Å². The largest absolute Gasteiger partial charge is 0.467 e. The van der Waals surface area contributed by atoms with Gasteiger partial charge in [0, 0.05) is 22.0 Å². The molecule has 0 radical (unpaired) electrons. The molecule has 0 saturated heterocycles. The van der Waals surface area contributed by atoms with Gasteiger partial charge >= 0.3 is 5.97 Å². The Morgan fingerprint density at radius 3 is 2.67 bits per heavy atom. The lowest BCUT2D eigenvalue weighted by molar-refractivity contribution is -0.144. The van der Waals surface area contributed by atoms with Gasteiger partial charge in [-0.3, -0.25) is 4.79 Å². The summed E-state index contributed by atoms with van der Waals surface area (Å²) < 4.78 is 5.61. The number of halogens is 1. The van der Waals surface area contributed by atoms with Crippen LogP contribution in [0.15, 0.2) is 33.6 Å². The number of carbonyl (C=O) groups excluding carboxylic acids is 2. The maximum Gasteiger partial charge on any atom is 0.329 e. The summed E-state index contributed by atoms with van der Waals surface area (Å²) in [6.07, 6.45) is 0. The maximum atomic E-state index is 11.5. The molecule has 4 nitrogen and oxygen atoms in total. The first-order chi connectivity index (χ1) is 8.54. The van der Waals surface area contributed by atoms with E-state index >= 15 is 0 Å². The molecule has 0 aromatic heterocycles. The number of esters is 1. The Balaban J connectivity index is 2.64. The van der Waals surface area contributed by atoms with Crippen LogP contribution < -0.4 is 5.32 Å². The molecule has 0 aliphatic heterocycles. The fourth-order valence-corrected chi connectivity index (χ4v) is 2.87. The molecule has 1 unspecified atom stereocenters. The molecule has 0 heterocycles. The van der Waals surface area contributed by atoms with Gasteiger partial charge in [-0.2, -0.15) is 0 Å². The number of carbonyl (C=O) groups is 2. The molecule has 0 aliphatic carbocycles. The number of methoxy groups -OCH3 is 1. The summed E-state index contributed by atoms with van der Waals surface area (Å²) in [5.74, 6) is -0.266. The molecule has 1 atom stereocenters. The van der Waals surface area contributed by atoms with Gasteiger partial charge in [0.05, 0.1) is 7.11 Å². The van der Waals surface area contributed by atoms with Crippen LogP contribution in [-0.2, 0) is 14.3 Å². The highest BCUT2D eigenvalue weighted by Crippen LogP contribution is 2.27. The molecule has 1 aromatic carbocycles. The van der Waals surface area contributed by atoms with E-state index in [9.17, 15) is 9.59 Å². The van der Waals surface area contributed by atoms with E-state index in [2.05, 4.69) is 26.0 Å². The summed E-state index contributed by atoms with van der Waals surface area (Å²) >= 11 is 4.91. The van der Waals surface area contributed by atoms with Gasteiger partial charge in [0.2, 0.25) is 5.91 Å². The van der Waals surface area contributed by atoms with E-state index in [1.54, 1.807) is 0 Å². The molecule has 1 rings (SSSR count). The Hall–Kier alpha value is -1.01. The molecule has 0 aliphatic rings. The molecule has 6 heteroatoms. The molecule has 0 saturated carbocycles. The molecule has 0 spiro atoms. The van der Waals surface area contributed by atoms with Crippen LogP contribution in [0.2, 0.25) is 0 Å². The number of amides is 1. The minimum Gasteiger partial charge on any atom is -0.467 e. The third-order valence-electron chi connectivity index (χ3n) is 2.11. The average Bonchev–Trinajstić information content (AvgIpc) is 2.34. The molecule has 1 amide bonds. The SMILES string of the molecule is COC(=O)C(CSc1ccccc1Br)NC(C)=O. The number of nitrogens with one attached hydrogen (secondary N) is 1. The monoisotopic (exact) mass is 331 g/mol. The second-order valence-electron chi connectivity index (χ2n) is 3.52. The zero-order chi connectivity index (χ0) is 13.5. The second-order valence-corrected chi connectivity index (χ2v) is 5.43. The van der Waals surface area contributed by atoms with Crippen molar-refractivity contribution in [3.05, 3.63) is 28.7 Å². The van der Waals surface area contributed by atoms with Crippen LogP contribution in [0.1, 0.15) is 6.92 Å². The summed E-state index contributed by atoms with van der Waals surface area (Å²) in [5.41, 5.74) is 0. The first kappa shape index (κ1) is 15.0. The van der Waals surface area contributed by atoms with Gasteiger partial charge in [0.1, 0.15) is 6.04 Å². The van der Waals surface area contributed by atoms with Gasteiger partial charge in [-0.05, 0) is 28.1 Å². The number of ether oxygens (including phenoxy) is 1. The van der Waals surface area contributed by atoms with Crippen LogP contribution in [0.25, 0.3) is 0 Å². The summed E-state index contributed by atoms with van der Waals surface area (Å²) in [6, 6.07) is 7.06. The molecular weight excluding hydrogens is 318 g/mol. The van der Waals surface area contributed by atoms with Gasteiger partial charge in [-0.25, -0.2) is 4.79 Å². The van der Waals surface area contributed by atoms with Gasteiger partial charge < -0.3 is 10.1 Å². The lowest BCUT2D eigenvalue weighted by atomic mass is 10.3. The van der Waals surface area contributed by atoms with Gasteiger partial charge in [-0.1, -0.05) is 12.1 Å². The Labute approximate surface area is 119 Å². The molecule has 0 bridgehead atoms. The second kappa shape index (κ2) is 7.43. The third kappa shape index (κ3) is 4.70. The Bertz CT molecular complexity index is 439. The van der Waals surface area contributed by atoms with E-state index in [4.69, 9.17) is 0 Å². The van der Waals surface area contributed by atoms with Crippen molar-refractivity contribution in [1.29, 1.82) is 0 Å². The normalized spacial score (nSPS) is 11.7. The van der Waals surface area contributed by atoms with Crippen LogP contribution in [0.3, 0.4) is 0 Å². The first-order valence-electron chi connectivity index (χ1n) is 5.27. The van der Waals surface area contributed by atoms with E-state index in [0.717, 1.165) is 9.37 Å². The molecule has 98 valence electrons. The molecule has 1 N–H and O–H groups in total. The van der Waals surface area contributed by atoms with Crippen molar-refractivity contribution >= 4 is 39.6 Å². The van der Waals surface area contributed by atoms with E-state index in [1.165, 1.54) is 25.8 Å². The van der Waals surface area contributed by atoms with Crippen molar-refractivity contribution in [1.82, 2.24) is 5.32 Å². The number of hydrogen-bond donors (Lipinski definition) is 1. The number of rotatable bonds is 5. The number of benzene rings is 1. The standard InChI is InChI=1S/C12H14BrNO3S/c1-8(15)14-10(12(16)17-2)7-18-11-6-4-3-5-9(11)13/h3-6,10H,7H2,1-2H3,(H,14,15). The smallest absolute Gasteiger partial charge is 0.329 e. The molecule has 1 aromatic rings. The summed E-state index contributed by atoms with van der Waals surface area (Å²) in [5, 5.41) is 2.57. The van der Waals surface area contributed by atoms with Crippen molar-refractivity contribution in [2.75, 3.05) is 12.9 Å². The van der Waals surface area contributed by atoms with Crippen LogP contribution in [0.5, 0.6) is 0 Å². The van der Waals surface area contributed by atoms with Crippen molar-refractivity contribution in [2.24, 2.45) is 0 Å². The average molecular weight is 332 g/mol. The predicted molar refractivity (Wildman–Crippen MR) is 74.5 cm³/mol. The third-order valence-corrected chi connectivity index (χ3v) is 4.23. The minimum atomic E-state index is -0.635. The highest BCUT2D eigenvalue weighted by Gasteiger charge is 2.20. The lowest BCUT2D eigenvalue weighted by Crippen LogP contribution is -2.42. The van der Waals surface area contributed by atoms with Crippen molar-refractivity contribution < 1.29 is 14.3 Å². The number of thioether (sulfide) groups is 1. The van der Waals surface area contributed by atoms with Crippen LogP contribution >= 0.6 is 27.7 Å². The summed E-state index contributed by atoms with van der Waals surface area (Å²) in [6.45, 7) is 1.37. The molecular formula is C12H14BrNO3S. The maximum absolute atomic E-state index is 11.5. The zero-order valence-electron chi connectivity index (χ0n) is 10.1. The van der Waals surface area contributed by atoms with E-state index < -0.39 is 12.0 Å². The highest BCUT2D eigenvalue weighted by molar-refractivity contribution is 9.10. The topological polar surface area (TPSA) is 55.4 Å². The first-order valence-corrected chi connectivity index (χ1v) is 7.04. The van der Waals surface area contributed by atoms with E-state index in [-0.39, 0.29) is 5.91 Å². The summed E-state index contributed by atoms with van der Waals surface area (Å²) in [7, 11) is 1.31. The zero-order valence-corrected chi connectivity index (χ0v) is 12.5. The lowest BCUT2D eigenvalue weighted by Gasteiger charge is -2.15. The van der Waals surface area contributed by atoms with Crippen molar-refractivity contribution in [3.8, 4) is 0 Å². The van der Waals surface area contributed by atoms with Crippen LogP contribution in [-0.4, -0.2) is 30.8 Å². The van der Waals surface area contributed by atoms with Crippen LogP contribution in [0, 0.1) is 0 Å². The minimum absolute atomic E-state index is 0.252. The Morgan fingerprint density at radius 1 is 1.44 bits per heavy atom. The van der Waals surface area contributed by atoms with Crippen molar-refractivity contribution in [3.63, 3.8) is 0 Å². The Morgan fingerprint density at radius 2 is 2.11 bits per heavy atom. The molecule has 0 fully saturated rings. The summed E-state index contributed by atoms with van der Waals surface area (Å²) in [4.78, 5) is 23.5.